The van der Waals surface area contributed by atoms with Gasteiger partial charge in [0, 0.05) is 5.56 Å². The van der Waals surface area contributed by atoms with Crippen LogP contribution in [0.4, 0.5) is 0 Å². The standard InChI is InChI=1S/C17H17NO5/c1-22-17(21)15(11-19)18-16(20)12-7-9-14(10-8-12)23-13-5-3-2-4-6-13/h2-10,15,19H,11H2,1H3,(H,18,20)/t15-/m1/s1. The van der Waals surface area contributed by atoms with Gasteiger partial charge in [-0.1, -0.05) is 18.2 Å². The number of carbonyl (C=O) groups is 2. The number of hydrogen-bond acceptors (Lipinski definition) is 5. The van der Waals surface area contributed by atoms with Crippen LogP contribution in [0.15, 0.2) is 54.6 Å². The Morgan fingerprint density at radius 3 is 2.22 bits per heavy atom. The van der Waals surface area contributed by atoms with Gasteiger partial charge in [0.05, 0.1) is 13.7 Å². The lowest BCUT2D eigenvalue weighted by atomic mass is 10.2. The summed E-state index contributed by atoms with van der Waals surface area (Å²) in [6, 6.07) is 14.6. The van der Waals surface area contributed by atoms with E-state index >= 15 is 0 Å². The highest BCUT2D eigenvalue weighted by Crippen LogP contribution is 2.21. The maximum Gasteiger partial charge on any atom is 0.330 e. The van der Waals surface area contributed by atoms with Crippen molar-refractivity contribution in [2.24, 2.45) is 0 Å². The van der Waals surface area contributed by atoms with Crippen LogP contribution in [0.5, 0.6) is 11.5 Å². The van der Waals surface area contributed by atoms with Crippen LogP contribution >= 0.6 is 0 Å². The maximum atomic E-state index is 12.0. The van der Waals surface area contributed by atoms with Crippen molar-refractivity contribution in [3.63, 3.8) is 0 Å². The molecule has 1 amide bonds. The molecule has 23 heavy (non-hydrogen) atoms. The van der Waals surface area contributed by atoms with Crippen molar-refractivity contribution in [1.29, 1.82) is 0 Å². The number of hydrogen-bond donors (Lipinski definition) is 2. The van der Waals surface area contributed by atoms with Gasteiger partial charge < -0.3 is 19.9 Å². The van der Waals surface area contributed by atoms with Crippen molar-refractivity contribution in [1.82, 2.24) is 5.32 Å². The highest BCUT2D eigenvalue weighted by atomic mass is 16.5. The first kappa shape index (κ1) is 16.5. The summed E-state index contributed by atoms with van der Waals surface area (Å²) in [5, 5.41) is 11.5. The first-order chi connectivity index (χ1) is 11.1. The number of amides is 1. The van der Waals surface area contributed by atoms with Crippen molar-refractivity contribution in [3.05, 3.63) is 60.2 Å². The SMILES string of the molecule is COC(=O)[C@@H](CO)NC(=O)c1ccc(Oc2ccccc2)cc1. The summed E-state index contributed by atoms with van der Waals surface area (Å²) in [5.41, 5.74) is 0.341. The van der Waals surface area contributed by atoms with E-state index in [2.05, 4.69) is 10.1 Å². The molecule has 0 saturated heterocycles. The average molecular weight is 315 g/mol. The second-order valence-electron chi connectivity index (χ2n) is 4.67. The fourth-order valence-electron chi connectivity index (χ4n) is 1.86. The first-order valence-corrected chi connectivity index (χ1v) is 6.96. The van der Waals surface area contributed by atoms with Gasteiger partial charge in [0.25, 0.3) is 5.91 Å². The summed E-state index contributed by atoms with van der Waals surface area (Å²) in [6.45, 7) is -0.534. The Hall–Kier alpha value is -2.86. The zero-order valence-corrected chi connectivity index (χ0v) is 12.6. The van der Waals surface area contributed by atoms with Crippen LogP contribution in [0.1, 0.15) is 10.4 Å². The van der Waals surface area contributed by atoms with Gasteiger partial charge in [0.2, 0.25) is 0 Å². The monoisotopic (exact) mass is 315 g/mol. The van der Waals surface area contributed by atoms with E-state index in [1.807, 2.05) is 30.3 Å². The highest BCUT2D eigenvalue weighted by Gasteiger charge is 2.21. The molecule has 0 unspecified atom stereocenters. The van der Waals surface area contributed by atoms with Gasteiger partial charge in [0.1, 0.15) is 11.5 Å². The summed E-state index contributed by atoms with van der Waals surface area (Å²) in [7, 11) is 1.19. The van der Waals surface area contributed by atoms with Gasteiger partial charge in [-0.05, 0) is 36.4 Å². The number of benzene rings is 2. The van der Waals surface area contributed by atoms with Gasteiger partial charge >= 0.3 is 5.97 Å². The summed E-state index contributed by atoms with van der Waals surface area (Å²) < 4.78 is 10.1. The molecule has 0 spiro atoms. The molecule has 2 N–H and O–H groups in total. The Labute approximate surface area is 133 Å². The van der Waals surface area contributed by atoms with Gasteiger partial charge in [-0.25, -0.2) is 4.79 Å². The van der Waals surface area contributed by atoms with Crippen LogP contribution < -0.4 is 10.1 Å². The van der Waals surface area contributed by atoms with E-state index < -0.39 is 24.5 Å². The van der Waals surface area contributed by atoms with E-state index in [4.69, 9.17) is 9.84 Å². The Bertz CT molecular complexity index is 654. The van der Waals surface area contributed by atoms with E-state index in [1.54, 1.807) is 24.3 Å². The maximum absolute atomic E-state index is 12.0. The second-order valence-corrected chi connectivity index (χ2v) is 4.67. The fourth-order valence-corrected chi connectivity index (χ4v) is 1.86. The zero-order valence-electron chi connectivity index (χ0n) is 12.6. The van der Waals surface area contributed by atoms with Crippen LogP contribution in [-0.2, 0) is 9.53 Å². The number of methoxy groups -OCH3 is 1. The molecule has 1 atom stereocenters. The highest BCUT2D eigenvalue weighted by molar-refractivity contribution is 5.96. The lowest BCUT2D eigenvalue weighted by molar-refractivity contribution is -0.143. The molecule has 120 valence electrons. The molecule has 0 fully saturated rings. The van der Waals surface area contributed by atoms with Crippen molar-refractivity contribution < 1.29 is 24.2 Å². The number of para-hydroxylation sites is 1. The van der Waals surface area contributed by atoms with Gasteiger partial charge in [-0.3, -0.25) is 4.79 Å². The number of aliphatic hydroxyl groups is 1. The first-order valence-electron chi connectivity index (χ1n) is 6.96. The number of carbonyl (C=O) groups excluding carboxylic acids is 2. The number of esters is 1. The Morgan fingerprint density at radius 1 is 1.04 bits per heavy atom. The van der Waals surface area contributed by atoms with Crippen LogP contribution in [0.2, 0.25) is 0 Å². The van der Waals surface area contributed by atoms with Crippen LogP contribution in [0, 0.1) is 0 Å². The number of nitrogens with one attached hydrogen (secondary N) is 1. The third-order valence-electron chi connectivity index (χ3n) is 3.07. The number of ether oxygens (including phenoxy) is 2. The molecule has 6 nitrogen and oxygen atoms in total. The van der Waals surface area contributed by atoms with E-state index in [0.717, 1.165) is 0 Å². The van der Waals surface area contributed by atoms with Crippen molar-refractivity contribution in [2.75, 3.05) is 13.7 Å². The summed E-state index contributed by atoms with van der Waals surface area (Å²) >= 11 is 0. The fraction of sp³-hybridized carbons (Fsp3) is 0.176. The average Bonchev–Trinajstić information content (AvgIpc) is 2.60. The Kier molecular flexibility index (Phi) is 5.71. The predicted molar refractivity (Wildman–Crippen MR) is 83.3 cm³/mol. The number of aliphatic hydroxyl groups excluding tert-OH is 1. The second kappa shape index (κ2) is 7.95. The summed E-state index contributed by atoms with van der Waals surface area (Å²) in [5.74, 6) is 0.0840. The lowest BCUT2D eigenvalue weighted by Crippen LogP contribution is -2.44. The normalized spacial score (nSPS) is 11.4. The van der Waals surface area contributed by atoms with E-state index in [0.29, 0.717) is 17.1 Å². The molecule has 6 heteroatoms. The summed E-state index contributed by atoms with van der Waals surface area (Å²) in [6.07, 6.45) is 0. The molecule has 0 saturated carbocycles. The molecule has 0 heterocycles. The van der Waals surface area contributed by atoms with Crippen molar-refractivity contribution in [3.8, 4) is 11.5 Å². The largest absolute Gasteiger partial charge is 0.467 e. The molecular weight excluding hydrogens is 298 g/mol. The van der Waals surface area contributed by atoms with Crippen molar-refractivity contribution >= 4 is 11.9 Å². The molecule has 0 aromatic heterocycles. The Morgan fingerprint density at radius 2 is 1.65 bits per heavy atom. The van der Waals surface area contributed by atoms with Crippen LogP contribution in [0.3, 0.4) is 0 Å². The van der Waals surface area contributed by atoms with Gasteiger partial charge in [-0.2, -0.15) is 0 Å². The molecule has 0 radical (unpaired) electrons. The third kappa shape index (κ3) is 4.55. The number of rotatable bonds is 6. The van der Waals surface area contributed by atoms with E-state index in [1.165, 1.54) is 7.11 Å². The van der Waals surface area contributed by atoms with E-state index in [9.17, 15) is 9.59 Å². The smallest absolute Gasteiger partial charge is 0.330 e. The molecule has 2 aromatic rings. The van der Waals surface area contributed by atoms with Gasteiger partial charge in [-0.15, -0.1) is 0 Å². The molecule has 2 rings (SSSR count). The minimum Gasteiger partial charge on any atom is -0.467 e. The minimum absolute atomic E-state index is 0.341. The molecular formula is C17H17NO5. The third-order valence-corrected chi connectivity index (χ3v) is 3.07. The molecule has 2 aromatic carbocycles. The van der Waals surface area contributed by atoms with Crippen LogP contribution in [0.25, 0.3) is 0 Å². The summed E-state index contributed by atoms with van der Waals surface area (Å²) in [4.78, 5) is 23.4. The molecule has 0 aliphatic carbocycles. The minimum atomic E-state index is -1.09. The van der Waals surface area contributed by atoms with Crippen LogP contribution in [-0.4, -0.2) is 36.7 Å². The molecule has 0 aliphatic heterocycles. The predicted octanol–water partition coefficient (Wildman–Crippen LogP) is 1.74. The van der Waals surface area contributed by atoms with E-state index in [-0.39, 0.29) is 0 Å². The molecule has 0 aliphatic rings. The topological polar surface area (TPSA) is 84.9 Å². The lowest BCUT2D eigenvalue weighted by Gasteiger charge is -2.14. The van der Waals surface area contributed by atoms with Crippen molar-refractivity contribution in [2.45, 2.75) is 6.04 Å². The Balaban J connectivity index is 2.01. The molecule has 0 bridgehead atoms. The zero-order chi connectivity index (χ0) is 16.7. The quantitative estimate of drug-likeness (QED) is 0.793. The van der Waals surface area contributed by atoms with Gasteiger partial charge in [0.15, 0.2) is 6.04 Å².